The Morgan fingerprint density at radius 3 is 2.61 bits per heavy atom. The molecule has 2 aromatic rings. The van der Waals surface area contributed by atoms with Crippen LogP contribution in [0.2, 0.25) is 0 Å². The van der Waals surface area contributed by atoms with Crippen molar-refractivity contribution in [1.29, 1.82) is 0 Å². The monoisotopic (exact) mass is 335 g/mol. The maximum Gasteiger partial charge on any atom is 0.337 e. The molecule has 2 aromatic carbocycles. The second-order valence-corrected chi connectivity index (χ2v) is 5.14. The highest BCUT2D eigenvalue weighted by Gasteiger charge is 2.06. The van der Waals surface area contributed by atoms with E-state index >= 15 is 0 Å². The molecule has 0 aliphatic carbocycles. The fourth-order valence-corrected chi connectivity index (χ4v) is 1.98. The maximum atomic E-state index is 11.4. The van der Waals surface area contributed by atoms with Gasteiger partial charge < -0.3 is 19.9 Å². The van der Waals surface area contributed by atoms with Crippen molar-refractivity contribution in [3.63, 3.8) is 0 Å². The Labute approximate surface area is 139 Å². The molecule has 0 spiro atoms. The number of aliphatic hydroxyl groups excluding tert-OH is 1. The van der Waals surface area contributed by atoms with E-state index in [-0.39, 0.29) is 11.8 Å². The maximum absolute atomic E-state index is 11.4. The van der Waals surface area contributed by atoms with Gasteiger partial charge in [0.25, 0.3) is 0 Å². The zero-order valence-electron chi connectivity index (χ0n) is 12.7. The van der Waals surface area contributed by atoms with Gasteiger partial charge in [-0.25, -0.2) is 4.79 Å². The van der Waals surface area contributed by atoms with Gasteiger partial charge in [-0.1, -0.05) is 6.07 Å². The minimum Gasteiger partial charge on any atom is -0.465 e. The predicted octanol–water partition coefficient (Wildman–Crippen LogP) is 3.28. The summed E-state index contributed by atoms with van der Waals surface area (Å²) in [6.07, 6.45) is -0.605. The van der Waals surface area contributed by atoms with Crippen molar-refractivity contribution in [2.75, 3.05) is 24.9 Å². The first-order valence-corrected chi connectivity index (χ1v) is 7.60. The zero-order valence-corrected chi connectivity index (χ0v) is 13.4. The number of halogens is 1. The summed E-state index contributed by atoms with van der Waals surface area (Å²) in [5.41, 5.74) is 1.28. The second-order valence-electron chi connectivity index (χ2n) is 4.83. The lowest BCUT2D eigenvalue weighted by molar-refractivity contribution is 0.0600. The highest BCUT2D eigenvalue weighted by atomic mass is 35.5. The number of hydrogen-bond acceptors (Lipinski definition) is 5. The van der Waals surface area contributed by atoms with Crippen LogP contribution in [-0.4, -0.2) is 36.7 Å². The van der Waals surface area contributed by atoms with E-state index in [2.05, 4.69) is 10.1 Å². The molecule has 0 fully saturated rings. The number of methoxy groups -OCH3 is 1. The Balaban J connectivity index is 2.01. The Morgan fingerprint density at radius 1 is 1.22 bits per heavy atom. The largest absolute Gasteiger partial charge is 0.465 e. The van der Waals surface area contributed by atoms with Crippen LogP contribution in [0.1, 0.15) is 10.4 Å². The van der Waals surface area contributed by atoms with Crippen molar-refractivity contribution in [1.82, 2.24) is 0 Å². The summed E-state index contributed by atoms with van der Waals surface area (Å²) in [4.78, 5) is 11.4. The van der Waals surface area contributed by atoms with E-state index in [1.807, 2.05) is 24.3 Å². The fourth-order valence-electron chi connectivity index (χ4n) is 1.87. The van der Waals surface area contributed by atoms with Gasteiger partial charge in [-0.15, -0.1) is 11.6 Å². The number of alkyl halides is 1. The lowest BCUT2D eigenvalue weighted by Gasteiger charge is -2.12. The average Bonchev–Trinajstić information content (AvgIpc) is 2.60. The van der Waals surface area contributed by atoms with Crippen LogP contribution in [0, 0.1) is 0 Å². The number of hydrogen-bond donors (Lipinski definition) is 2. The number of aliphatic hydroxyl groups is 1. The summed E-state index contributed by atoms with van der Waals surface area (Å²) in [7, 11) is 1.34. The molecule has 0 saturated carbocycles. The number of carbonyl (C=O) groups excluding carboxylic acids is 1. The molecule has 0 aromatic heterocycles. The molecule has 6 heteroatoms. The topological polar surface area (TPSA) is 67.8 Å². The van der Waals surface area contributed by atoms with Crippen LogP contribution < -0.4 is 10.1 Å². The molecule has 23 heavy (non-hydrogen) atoms. The van der Waals surface area contributed by atoms with Gasteiger partial charge in [0, 0.05) is 18.3 Å². The van der Waals surface area contributed by atoms with Crippen molar-refractivity contribution >= 4 is 23.3 Å². The molecular formula is C17H18ClNO4. The van der Waals surface area contributed by atoms with Crippen molar-refractivity contribution < 1.29 is 19.4 Å². The van der Waals surface area contributed by atoms with Crippen molar-refractivity contribution in [3.05, 3.63) is 54.1 Å². The Hall–Kier alpha value is -2.24. The molecule has 1 atom stereocenters. The van der Waals surface area contributed by atoms with Crippen molar-refractivity contribution in [3.8, 4) is 11.5 Å². The van der Waals surface area contributed by atoms with E-state index < -0.39 is 6.10 Å². The molecule has 0 aliphatic heterocycles. The third kappa shape index (κ3) is 5.16. The van der Waals surface area contributed by atoms with Gasteiger partial charge in [0.05, 0.1) is 24.7 Å². The van der Waals surface area contributed by atoms with Crippen LogP contribution in [0.3, 0.4) is 0 Å². The van der Waals surface area contributed by atoms with Crippen LogP contribution in [0.5, 0.6) is 11.5 Å². The first-order chi connectivity index (χ1) is 11.1. The SMILES string of the molecule is COC(=O)c1ccc(Oc2cccc(NCC(O)CCl)c2)cc1. The summed E-state index contributed by atoms with van der Waals surface area (Å²) in [5, 5.41) is 12.5. The number of esters is 1. The standard InChI is InChI=1S/C17H18ClNO4/c1-22-17(21)12-5-7-15(8-6-12)23-16-4-2-3-13(9-16)19-11-14(20)10-18/h2-9,14,19-20H,10-11H2,1H3. The predicted molar refractivity (Wildman–Crippen MR) is 89.5 cm³/mol. The van der Waals surface area contributed by atoms with Crippen LogP contribution in [0.15, 0.2) is 48.5 Å². The van der Waals surface area contributed by atoms with Crippen LogP contribution in [0.4, 0.5) is 5.69 Å². The lowest BCUT2D eigenvalue weighted by Crippen LogP contribution is -2.20. The molecule has 0 radical (unpaired) electrons. The van der Waals surface area contributed by atoms with Gasteiger partial charge in [0.2, 0.25) is 0 Å². The van der Waals surface area contributed by atoms with Crippen LogP contribution >= 0.6 is 11.6 Å². The van der Waals surface area contributed by atoms with Gasteiger partial charge in [-0.3, -0.25) is 0 Å². The first kappa shape index (κ1) is 17.1. The first-order valence-electron chi connectivity index (χ1n) is 7.06. The van der Waals surface area contributed by atoms with E-state index in [0.29, 0.717) is 23.6 Å². The lowest BCUT2D eigenvalue weighted by atomic mass is 10.2. The highest BCUT2D eigenvalue weighted by molar-refractivity contribution is 6.18. The molecule has 0 aliphatic rings. The number of rotatable bonds is 7. The van der Waals surface area contributed by atoms with Gasteiger partial charge >= 0.3 is 5.97 Å². The molecule has 0 saturated heterocycles. The number of nitrogens with one attached hydrogen (secondary N) is 1. The van der Waals surface area contributed by atoms with Gasteiger partial charge in [-0.05, 0) is 36.4 Å². The number of carbonyl (C=O) groups is 1. The number of anilines is 1. The van der Waals surface area contributed by atoms with Crippen molar-refractivity contribution in [2.45, 2.75) is 6.10 Å². The molecule has 0 heterocycles. The summed E-state index contributed by atoms with van der Waals surface area (Å²) in [6, 6.07) is 14.0. The third-order valence-electron chi connectivity index (χ3n) is 3.07. The van der Waals surface area contributed by atoms with E-state index in [1.54, 1.807) is 24.3 Å². The van der Waals surface area contributed by atoms with Crippen LogP contribution in [-0.2, 0) is 4.74 Å². The number of benzene rings is 2. The summed E-state index contributed by atoms with van der Waals surface area (Å²) in [6.45, 7) is 0.362. The Kier molecular flexibility index (Phi) is 6.26. The van der Waals surface area contributed by atoms with Gasteiger partial charge in [0.15, 0.2) is 0 Å². The van der Waals surface area contributed by atoms with E-state index in [1.165, 1.54) is 7.11 Å². The summed E-state index contributed by atoms with van der Waals surface area (Å²) in [5.74, 6) is 1.04. The minimum atomic E-state index is -0.605. The van der Waals surface area contributed by atoms with Crippen molar-refractivity contribution in [2.24, 2.45) is 0 Å². The quantitative estimate of drug-likeness (QED) is 0.600. The van der Waals surface area contributed by atoms with E-state index in [4.69, 9.17) is 16.3 Å². The van der Waals surface area contributed by atoms with Gasteiger partial charge in [-0.2, -0.15) is 0 Å². The molecule has 0 bridgehead atoms. The zero-order chi connectivity index (χ0) is 16.7. The van der Waals surface area contributed by atoms with Crippen LogP contribution in [0.25, 0.3) is 0 Å². The van der Waals surface area contributed by atoms with E-state index in [0.717, 1.165) is 5.69 Å². The third-order valence-corrected chi connectivity index (χ3v) is 3.42. The molecule has 2 N–H and O–H groups in total. The smallest absolute Gasteiger partial charge is 0.337 e. The second kappa shape index (κ2) is 8.41. The molecule has 2 rings (SSSR count). The molecule has 122 valence electrons. The van der Waals surface area contributed by atoms with E-state index in [9.17, 15) is 9.90 Å². The normalized spacial score (nSPS) is 11.6. The molecule has 5 nitrogen and oxygen atoms in total. The Morgan fingerprint density at radius 2 is 1.96 bits per heavy atom. The highest BCUT2D eigenvalue weighted by Crippen LogP contribution is 2.24. The Bertz CT molecular complexity index is 645. The molecular weight excluding hydrogens is 318 g/mol. The van der Waals surface area contributed by atoms with Gasteiger partial charge in [0.1, 0.15) is 11.5 Å². The number of ether oxygens (including phenoxy) is 2. The molecule has 1 unspecified atom stereocenters. The average molecular weight is 336 g/mol. The molecule has 0 amide bonds. The fraction of sp³-hybridized carbons (Fsp3) is 0.235. The minimum absolute atomic E-state index is 0.176. The summed E-state index contributed by atoms with van der Waals surface area (Å²) >= 11 is 5.55. The summed E-state index contributed by atoms with van der Waals surface area (Å²) < 4.78 is 10.4.